The summed E-state index contributed by atoms with van der Waals surface area (Å²) in [4.78, 5) is 0. The van der Waals surface area contributed by atoms with E-state index in [1.165, 1.54) is 0 Å². The highest BCUT2D eigenvalue weighted by Gasteiger charge is 2.47. The van der Waals surface area contributed by atoms with E-state index in [9.17, 15) is 4.39 Å². The lowest BCUT2D eigenvalue weighted by molar-refractivity contribution is 0.287. The summed E-state index contributed by atoms with van der Waals surface area (Å²) >= 11 is 0. The first-order valence-electron chi connectivity index (χ1n) is 7.76. The third-order valence-electron chi connectivity index (χ3n) is 4.69. The molecule has 1 aliphatic carbocycles. The summed E-state index contributed by atoms with van der Waals surface area (Å²) in [6.45, 7) is 4.26. The maximum absolute atomic E-state index is 14.5. The number of hydrogen-bond donors (Lipinski definition) is 1. The molecule has 116 valence electrons. The maximum atomic E-state index is 14.5. The van der Waals surface area contributed by atoms with Gasteiger partial charge in [-0.05, 0) is 49.4 Å². The summed E-state index contributed by atoms with van der Waals surface area (Å²) in [7, 11) is 0. The van der Waals surface area contributed by atoms with Crippen LogP contribution in [0.15, 0.2) is 42.5 Å². The van der Waals surface area contributed by atoms with Crippen LogP contribution in [-0.4, -0.2) is 6.04 Å². The highest BCUT2D eigenvalue weighted by molar-refractivity contribution is 5.44. The number of ether oxygens (including phenoxy) is 1. The zero-order valence-corrected chi connectivity index (χ0v) is 13.1. The van der Waals surface area contributed by atoms with E-state index in [4.69, 9.17) is 10.5 Å². The van der Waals surface area contributed by atoms with Crippen molar-refractivity contribution in [1.82, 2.24) is 0 Å². The zero-order valence-electron chi connectivity index (χ0n) is 13.1. The van der Waals surface area contributed by atoms with Gasteiger partial charge < -0.3 is 10.5 Å². The second kappa shape index (κ2) is 5.73. The Morgan fingerprint density at radius 3 is 2.45 bits per heavy atom. The van der Waals surface area contributed by atoms with Crippen molar-refractivity contribution in [2.45, 2.75) is 44.8 Å². The fraction of sp³-hybridized carbons (Fsp3) is 0.368. The van der Waals surface area contributed by atoms with E-state index >= 15 is 0 Å². The first kappa shape index (κ1) is 15.0. The predicted molar refractivity (Wildman–Crippen MR) is 86.5 cm³/mol. The highest BCUT2D eigenvalue weighted by Crippen LogP contribution is 2.51. The Morgan fingerprint density at radius 2 is 1.91 bits per heavy atom. The first-order valence-corrected chi connectivity index (χ1v) is 7.76. The molecule has 1 aliphatic rings. The largest absolute Gasteiger partial charge is 0.486 e. The van der Waals surface area contributed by atoms with Gasteiger partial charge in [0.2, 0.25) is 0 Å². The Labute approximate surface area is 131 Å². The van der Waals surface area contributed by atoms with Crippen molar-refractivity contribution in [1.29, 1.82) is 0 Å². The van der Waals surface area contributed by atoms with E-state index < -0.39 is 0 Å². The van der Waals surface area contributed by atoms with Crippen LogP contribution in [0, 0.1) is 12.7 Å². The summed E-state index contributed by atoms with van der Waals surface area (Å²) in [5.74, 6) is 0.0472. The Kier molecular flexibility index (Phi) is 3.92. The topological polar surface area (TPSA) is 35.2 Å². The monoisotopic (exact) mass is 299 g/mol. The van der Waals surface area contributed by atoms with Gasteiger partial charge in [-0.2, -0.15) is 0 Å². The van der Waals surface area contributed by atoms with Gasteiger partial charge in [-0.15, -0.1) is 0 Å². The maximum Gasteiger partial charge on any atom is 0.165 e. The van der Waals surface area contributed by atoms with Crippen LogP contribution in [0.1, 0.15) is 36.5 Å². The number of rotatable bonds is 5. The molecule has 1 unspecified atom stereocenters. The third-order valence-corrected chi connectivity index (χ3v) is 4.69. The molecule has 3 heteroatoms. The number of benzene rings is 2. The summed E-state index contributed by atoms with van der Waals surface area (Å²) in [6, 6.07) is 13.5. The minimum atomic E-state index is -0.294. The number of halogens is 1. The molecular formula is C19H22FNO. The lowest BCUT2D eigenvalue weighted by Gasteiger charge is -2.22. The molecule has 1 atom stereocenters. The average molecular weight is 299 g/mol. The van der Waals surface area contributed by atoms with Crippen LogP contribution in [0.25, 0.3) is 0 Å². The SMILES string of the molecule is Cc1cc(C2(C(C)N)CC2)cc(F)c1OCc1ccccc1. The molecule has 2 N–H and O–H groups in total. The molecule has 3 rings (SSSR count). The predicted octanol–water partition coefficient (Wildman–Crippen LogP) is 4.09. The van der Waals surface area contributed by atoms with Gasteiger partial charge in [0.05, 0.1) is 0 Å². The smallest absolute Gasteiger partial charge is 0.165 e. The molecule has 2 nitrogen and oxygen atoms in total. The molecule has 0 amide bonds. The van der Waals surface area contributed by atoms with Crippen molar-refractivity contribution < 1.29 is 9.13 Å². The molecule has 2 aromatic carbocycles. The zero-order chi connectivity index (χ0) is 15.7. The van der Waals surface area contributed by atoms with Crippen molar-refractivity contribution in [3.63, 3.8) is 0 Å². The van der Waals surface area contributed by atoms with Crippen molar-refractivity contribution in [3.05, 3.63) is 65.0 Å². The van der Waals surface area contributed by atoms with E-state index in [1.807, 2.05) is 50.2 Å². The van der Waals surface area contributed by atoms with Crippen LogP contribution in [0.3, 0.4) is 0 Å². The van der Waals surface area contributed by atoms with Crippen LogP contribution in [-0.2, 0) is 12.0 Å². The summed E-state index contributed by atoms with van der Waals surface area (Å²) in [5, 5.41) is 0. The quantitative estimate of drug-likeness (QED) is 0.902. The van der Waals surface area contributed by atoms with Gasteiger partial charge in [-0.1, -0.05) is 36.4 Å². The van der Waals surface area contributed by atoms with Crippen LogP contribution >= 0.6 is 0 Å². The standard InChI is InChI=1S/C19H22FNO/c1-13-10-16(19(8-9-19)14(2)21)11-17(20)18(13)22-12-15-6-4-3-5-7-15/h3-7,10-11,14H,8-9,12,21H2,1-2H3. The summed E-state index contributed by atoms with van der Waals surface area (Å²) < 4.78 is 20.2. The molecule has 0 heterocycles. The van der Waals surface area contributed by atoms with Gasteiger partial charge in [0.1, 0.15) is 6.61 Å². The van der Waals surface area contributed by atoms with Crippen molar-refractivity contribution in [2.75, 3.05) is 0 Å². The van der Waals surface area contributed by atoms with Gasteiger partial charge in [-0.3, -0.25) is 0 Å². The van der Waals surface area contributed by atoms with Crippen LogP contribution in [0.2, 0.25) is 0 Å². The molecule has 1 saturated carbocycles. The second-order valence-corrected chi connectivity index (χ2v) is 6.32. The van der Waals surface area contributed by atoms with Gasteiger partial charge in [0.15, 0.2) is 11.6 Å². The van der Waals surface area contributed by atoms with Crippen LogP contribution < -0.4 is 10.5 Å². The van der Waals surface area contributed by atoms with Crippen molar-refractivity contribution in [2.24, 2.45) is 5.73 Å². The van der Waals surface area contributed by atoms with Crippen molar-refractivity contribution >= 4 is 0 Å². The molecule has 0 aromatic heterocycles. The normalized spacial score (nSPS) is 17.1. The Bertz CT molecular complexity index is 639. The van der Waals surface area contributed by atoms with Gasteiger partial charge in [0.25, 0.3) is 0 Å². The molecule has 0 bridgehead atoms. The number of hydrogen-bond acceptors (Lipinski definition) is 2. The Balaban J connectivity index is 1.82. The van der Waals surface area contributed by atoms with E-state index in [1.54, 1.807) is 6.07 Å². The molecule has 0 spiro atoms. The molecule has 2 aromatic rings. The van der Waals surface area contributed by atoms with Crippen molar-refractivity contribution in [3.8, 4) is 5.75 Å². The minimum Gasteiger partial charge on any atom is -0.486 e. The molecule has 22 heavy (non-hydrogen) atoms. The third kappa shape index (κ3) is 2.73. The molecule has 0 radical (unpaired) electrons. The summed E-state index contributed by atoms with van der Waals surface area (Å²) in [6.07, 6.45) is 2.07. The highest BCUT2D eigenvalue weighted by atomic mass is 19.1. The Morgan fingerprint density at radius 1 is 1.23 bits per heavy atom. The fourth-order valence-corrected chi connectivity index (χ4v) is 3.07. The number of nitrogens with two attached hydrogens (primary N) is 1. The fourth-order valence-electron chi connectivity index (χ4n) is 3.07. The average Bonchev–Trinajstić information content (AvgIpc) is 3.29. The van der Waals surface area contributed by atoms with E-state index in [-0.39, 0.29) is 17.3 Å². The summed E-state index contributed by atoms with van der Waals surface area (Å²) in [5.41, 5.74) is 8.91. The number of aryl methyl sites for hydroxylation is 1. The molecule has 0 aliphatic heterocycles. The van der Waals surface area contributed by atoms with E-state index in [2.05, 4.69) is 0 Å². The van der Waals surface area contributed by atoms with E-state index in [0.717, 1.165) is 29.5 Å². The Hall–Kier alpha value is -1.87. The first-order chi connectivity index (χ1) is 10.5. The second-order valence-electron chi connectivity index (χ2n) is 6.32. The lowest BCUT2D eigenvalue weighted by atomic mass is 9.88. The van der Waals surface area contributed by atoms with Gasteiger partial charge in [0, 0.05) is 11.5 Å². The van der Waals surface area contributed by atoms with Crippen LogP contribution in [0.4, 0.5) is 4.39 Å². The molecule has 1 fully saturated rings. The van der Waals surface area contributed by atoms with Gasteiger partial charge >= 0.3 is 0 Å². The lowest BCUT2D eigenvalue weighted by Crippen LogP contribution is -2.31. The minimum absolute atomic E-state index is 0.0381. The molecule has 0 saturated heterocycles. The van der Waals surface area contributed by atoms with Crippen LogP contribution in [0.5, 0.6) is 5.75 Å². The van der Waals surface area contributed by atoms with Gasteiger partial charge in [-0.25, -0.2) is 4.39 Å². The van der Waals surface area contributed by atoms with E-state index in [0.29, 0.717) is 12.4 Å². The molecular weight excluding hydrogens is 277 g/mol.